The first kappa shape index (κ1) is 27.3. The van der Waals surface area contributed by atoms with Crippen molar-refractivity contribution in [1.82, 2.24) is 20.3 Å². The van der Waals surface area contributed by atoms with Gasteiger partial charge in [-0.1, -0.05) is 12.1 Å². The van der Waals surface area contributed by atoms with Gasteiger partial charge in [0.1, 0.15) is 5.82 Å². The molecule has 0 spiro atoms. The number of aromatic nitrogens is 3. The lowest BCUT2D eigenvalue weighted by Crippen LogP contribution is -2.38. The molecule has 1 unspecified atom stereocenters. The van der Waals surface area contributed by atoms with Crippen LogP contribution in [-0.4, -0.2) is 42.5 Å². The fraction of sp³-hybridized carbons (Fsp3) is 0.222. The molecule has 1 atom stereocenters. The van der Waals surface area contributed by atoms with E-state index in [1.54, 1.807) is 24.4 Å². The quantitative estimate of drug-likeness (QED) is 0.261. The Balaban J connectivity index is 1.34. The van der Waals surface area contributed by atoms with Crippen molar-refractivity contribution in [2.24, 2.45) is 0 Å². The Morgan fingerprint density at radius 2 is 1.80 bits per heavy atom. The molecular formula is C27H25F3N6O3S. The fourth-order valence-electron chi connectivity index (χ4n) is 4.20. The lowest BCUT2D eigenvalue weighted by atomic mass is 10.1. The second-order valence-electron chi connectivity index (χ2n) is 9.14. The molecule has 208 valence electrons. The molecule has 1 fully saturated rings. The van der Waals surface area contributed by atoms with Gasteiger partial charge in [-0.3, -0.25) is 4.72 Å². The first-order chi connectivity index (χ1) is 19.3. The minimum atomic E-state index is -4.13. The highest BCUT2D eigenvalue weighted by atomic mass is 32.2. The summed E-state index contributed by atoms with van der Waals surface area (Å²) in [6.45, 7) is 1.76. The molecule has 0 bridgehead atoms. The number of nitrogens with one attached hydrogen (secondary N) is 3. The van der Waals surface area contributed by atoms with Crippen molar-refractivity contribution in [1.29, 1.82) is 0 Å². The summed E-state index contributed by atoms with van der Waals surface area (Å²) < 4.78 is 75.6. The molecule has 1 aliphatic heterocycles. The number of nitrogens with zero attached hydrogens (tertiary/aromatic N) is 3. The molecular weight excluding hydrogens is 545 g/mol. The van der Waals surface area contributed by atoms with Gasteiger partial charge in [-0.05, 0) is 67.4 Å². The first-order valence-corrected chi connectivity index (χ1v) is 14.1. The zero-order chi connectivity index (χ0) is 28.1. The largest absolute Gasteiger partial charge is 0.435 e. The molecule has 13 heteroatoms. The van der Waals surface area contributed by atoms with Crippen LogP contribution in [0, 0.1) is 17.5 Å². The molecule has 4 aromatic rings. The predicted molar refractivity (Wildman–Crippen MR) is 144 cm³/mol. The Bertz CT molecular complexity index is 1600. The average molecular weight is 571 g/mol. The van der Waals surface area contributed by atoms with Crippen molar-refractivity contribution in [3.8, 4) is 22.9 Å². The molecule has 0 amide bonds. The Labute approximate surface area is 228 Å². The van der Waals surface area contributed by atoms with E-state index in [-0.39, 0.29) is 17.5 Å². The van der Waals surface area contributed by atoms with E-state index in [1.165, 1.54) is 18.3 Å². The van der Waals surface area contributed by atoms with Crippen molar-refractivity contribution in [3.05, 3.63) is 90.0 Å². The topological polar surface area (TPSA) is 118 Å². The maximum Gasteiger partial charge on any atom is 0.237 e. The SMILES string of the molecule is O=S(=O)(Cc1ccc(F)cc1)Nc1ccc(Oc2ncccc2-c2ccnc(NC3CCCNC3)n2)c(F)c1F. The highest BCUT2D eigenvalue weighted by Gasteiger charge is 2.22. The average Bonchev–Trinajstić information content (AvgIpc) is 2.95. The molecule has 9 nitrogen and oxygen atoms in total. The van der Waals surface area contributed by atoms with Crippen molar-refractivity contribution in [3.63, 3.8) is 0 Å². The highest BCUT2D eigenvalue weighted by molar-refractivity contribution is 7.91. The maximum absolute atomic E-state index is 15.0. The van der Waals surface area contributed by atoms with Crippen LogP contribution in [0.3, 0.4) is 0 Å². The molecule has 1 saturated heterocycles. The number of piperidine rings is 1. The first-order valence-electron chi connectivity index (χ1n) is 12.4. The molecule has 5 rings (SSSR count). The Hall–Kier alpha value is -4.23. The van der Waals surface area contributed by atoms with Gasteiger partial charge in [0.05, 0.1) is 22.7 Å². The summed E-state index contributed by atoms with van der Waals surface area (Å²) >= 11 is 0. The van der Waals surface area contributed by atoms with E-state index >= 15 is 4.39 Å². The Morgan fingerprint density at radius 3 is 2.58 bits per heavy atom. The summed E-state index contributed by atoms with van der Waals surface area (Å²) in [6.07, 6.45) is 5.02. The molecule has 0 radical (unpaired) electrons. The summed E-state index contributed by atoms with van der Waals surface area (Å²) in [6, 6.07) is 12.1. The van der Waals surface area contributed by atoms with E-state index in [4.69, 9.17) is 4.74 Å². The van der Waals surface area contributed by atoms with E-state index in [0.717, 1.165) is 50.2 Å². The van der Waals surface area contributed by atoms with Gasteiger partial charge in [-0.2, -0.15) is 4.39 Å². The number of hydrogen-bond donors (Lipinski definition) is 3. The minimum absolute atomic E-state index is 0.0329. The summed E-state index contributed by atoms with van der Waals surface area (Å²) in [5.74, 6) is -4.07. The van der Waals surface area contributed by atoms with Crippen LogP contribution < -0.4 is 20.1 Å². The van der Waals surface area contributed by atoms with E-state index < -0.39 is 44.7 Å². The predicted octanol–water partition coefficient (Wildman–Crippen LogP) is 4.85. The monoisotopic (exact) mass is 570 g/mol. The summed E-state index contributed by atoms with van der Waals surface area (Å²) in [5, 5.41) is 6.60. The van der Waals surface area contributed by atoms with Crippen molar-refractivity contribution in [2.45, 2.75) is 24.6 Å². The van der Waals surface area contributed by atoms with Gasteiger partial charge >= 0.3 is 0 Å². The van der Waals surface area contributed by atoms with Crippen LogP contribution in [0.15, 0.2) is 67.0 Å². The maximum atomic E-state index is 15.0. The number of anilines is 2. The second-order valence-corrected chi connectivity index (χ2v) is 10.9. The molecule has 0 saturated carbocycles. The van der Waals surface area contributed by atoms with Crippen LogP contribution in [-0.2, 0) is 15.8 Å². The number of pyridine rings is 1. The Morgan fingerprint density at radius 1 is 0.975 bits per heavy atom. The van der Waals surface area contributed by atoms with Crippen LogP contribution in [0.1, 0.15) is 18.4 Å². The lowest BCUT2D eigenvalue weighted by molar-refractivity contribution is 0.407. The smallest absolute Gasteiger partial charge is 0.237 e. The zero-order valence-electron chi connectivity index (χ0n) is 21.1. The summed E-state index contributed by atoms with van der Waals surface area (Å²) in [7, 11) is -4.13. The van der Waals surface area contributed by atoms with Crippen LogP contribution >= 0.6 is 0 Å². The van der Waals surface area contributed by atoms with E-state index in [1.807, 2.05) is 4.72 Å². The fourth-order valence-corrected chi connectivity index (χ4v) is 5.40. The van der Waals surface area contributed by atoms with Gasteiger partial charge in [0.2, 0.25) is 27.7 Å². The molecule has 40 heavy (non-hydrogen) atoms. The number of sulfonamides is 1. The summed E-state index contributed by atoms with van der Waals surface area (Å²) in [4.78, 5) is 13.0. The molecule has 3 heterocycles. The molecule has 2 aromatic carbocycles. The number of benzene rings is 2. The third kappa shape index (κ3) is 6.66. The van der Waals surface area contributed by atoms with E-state index in [2.05, 4.69) is 25.6 Å². The van der Waals surface area contributed by atoms with E-state index in [0.29, 0.717) is 17.2 Å². The summed E-state index contributed by atoms with van der Waals surface area (Å²) in [5.41, 5.74) is 0.543. The number of rotatable bonds is 9. The van der Waals surface area contributed by atoms with Crippen LogP contribution in [0.4, 0.5) is 24.8 Å². The third-order valence-electron chi connectivity index (χ3n) is 6.12. The number of halogens is 3. The zero-order valence-corrected chi connectivity index (χ0v) is 21.9. The standard InChI is InChI=1S/C27H25F3N6O3S/c28-18-7-5-17(6-8-18)16-40(37,38)36-22-9-10-23(25(30)24(22)29)39-26-20(4-2-13-32-26)21-11-14-33-27(35-21)34-19-3-1-12-31-15-19/h2,4-11,13-14,19,31,36H,1,3,12,15-16H2,(H,33,34,35). The third-order valence-corrected chi connectivity index (χ3v) is 7.37. The van der Waals surface area contributed by atoms with Gasteiger partial charge in [-0.25, -0.2) is 32.2 Å². The van der Waals surface area contributed by atoms with Crippen molar-refractivity contribution < 1.29 is 26.3 Å². The van der Waals surface area contributed by atoms with Gasteiger partial charge in [0.15, 0.2) is 11.6 Å². The van der Waals surface area contributed by atoms with Crippen LogP contribution in [0.2, 0.25) is 0 Å². The molecule has 1 aliphatic rings. The van der Waals surface area contributed by atoms with E-state index in [9.17, 15) is 17.2 Å². The van der Waals surface area contributed by atoms with Crippen LogP contribution in [0.5, 0.6) is 11.6 Å². The molecule has 3 N–H and O–H groups in total. The van der Waals surface area contributed by atoms with Gasteiger partial charge in [0.25, 0.3) is 0 Å². The van der Waals surface area contributed by atoms with Crippen molar-refractivity contribution >= 4 is 21.7 Å². The van der Waals surface area contributed by atoms with Crippen LogP contribution in [0.25, 0.3) is 11.3 Å². The molecule has 0 aliphatic carbocycles. The number of hydrogen-bond acceptors (Lipinski definition) is 8. The molecule has 2 aromatic heterocycles. The Kier molecular flexibility index (Phi) is 8.12. The minimum Gasteiger partial charge on any atom is -0.435 e. The van der Waals surface area contributed by atoms with Gasteiger partial charge < -0.3 is 15.4 Å². The number of ether oxygens (including phenoxy) is 1. The second kappa shape index (κ2) is 11.9. The highest BCUT2D eigenvalue weighted by Crippen LogP contribution is 2.34. The van der Waals surface area contributed by atoms with Gasteiger partial charge in [-0.15, -0.1) is 0 Å². The van der Waals surface area contributed by atoms with Crippen molar-refractivity contribution in [2.75, 3.05) is 23.1 Å². The van der Waals surface area contributed by atoms with Gasteiger partial charge in [0, 0.05) is 25.0 Å². The lowest BCUT2D eigenvalue weighted by Gasteiger charge is -2.23. The normalized spacial score (nSPS) is 15.4.